The summed E-state index contributed by atoms with van der Waals surface area (Å²) in [6.45, 7) is 6.19. The van der Waals surface area contributed by atoms with Gasteiger partial charge < -0.3 is 29.3 Å². The first-order valence-electron chi connectivity index (χ1n) is 15.9. The Bertz CT molecular complexity index is 1750. The van der Waals surface area contributed by atoms with E-state index in [9.17, 15) is 14.0 Å². The zero-order valence-electron chi connectivity index (χ0n) is 26.7. The Hall–Kier alpha value is -4.40. The van der Waals surface area contributed by atoms with Gasteiger partial charge in [0.05, 0.1) is 38.3 Å². The van der Waals surface area contributed by atoms with Crippen molar-refractivity contribution in [1.82, 2.24) is 25.0 Å². The van der Waals surface area contributed by atoms with Gasteiger partial charge >= 0.3 is 11.8 Å². The van der Waals surface area contributed by atoms with E-state index in [0.29, 0.717) is 47.9 Å². The third-order valence-corrected chi connectivity index (χ3v) is 8.96. The summed E-state index contributed by atoms with van der Waals surface area (Å²) in [5, 5.41) is 13.4. The maximum absolute atomic E-state index is 14.3. The standard InChI is InChI=1S/C34H37BrFN7O5/c1-46-30-21-25-26(22-31(30)48-16-2-9-41-14-17-47-18-15-41)32(40-39-29(25)19-23-5-7-37-8-6-23)42-10-12-43(13-11-42)34(45)33(44)38-28-4-3-24(35)20-27(28)36/h3-8,20-22H,2,9-19H2,1H3,(H,38,44). The van der Waals surface area contributed by atoms with Crippen LogP contribution < -0.4 is 19.7 Å². The van der Waals surface area contributed by atoms with Crippen molar-refractivity contribution in [3.63, 3.8) is 0 Å². The number of ether oxygens (including phenoxy) is 3. The number of amides is 2. The van der Waals surface area contributed by atoms with Gasteiger partial charge in [0.2, 0.25) is 0 Å². The van der Waals surface area contributed by atoms with Crippen molar-refractivity contribution < 1.29 is 28.2 Å². The summed E-state index contributed by atoms with van der Waals surface area (Å²) in [7, 11) is 1.62. The smallest absolute Gasteiger partial charge is 0.313 e. The fraction of sp³-hybridized carbons (Fsp3) is 0.382. The fourth-order valence-electron chi connectivity index (χ4n) is 5.86. The minimum Gasteiger partial charge on any atom is -0.493 e. The third-order valence-electron chi connectivity index (χ3n) is 8.46. The normalized spacial score (nSPS) is 15.4. The van der Waals surface area contributed by atoms with Gasteiger partial charge in [-0.3, -0.25) is 19.5 Å². The summed E-state index contributed by atoms with van der Waals surface area (Å²) in [6.07, 6.45) is 4.90. The van der Waals surface area contributed by atoms with Gasteiger partial charge in [-0.05, 0) is 54.4 Å². The predicted octanol–water partition coefficient (Wildman–Crippen LogP) is 3.91. The van der Waals surface area contributed by atoms with Crippen LogP contribution in [0.15, 0.2) is 59.3 Å². The Morgan fingerprint density at radius 1 is 0.958 bits per heavy atom. The maximum atomic E-state index is 14.3. The molecule has 4 aromatic rings. The van der Waals surface area contributed by atoms with Crippen molar-refractivity contribution >= 4 is 50.0 Å². The molecule has 0 atom stereocenters. The Morgan fingerprint density at radius 3 is 2.44 bits per heavy atom. The number of rotatable bonds is 10. The van der Waals surface area contributed by atoms with E-state index < -0.39 is 17.6 Å². The molecule has 2 aromatic heterocycles. The molecule has 252 valence electrons. The van der Waals surface area contributed by atoms with E-state index in [1.54, 1.807) is 25.6 Å². The number of carbonyl (C=O) groups is 2. The van der Waals surface area contributed by atoms with E-state index in [-0.39, 0.29) is 18.8 Å². The van der Waals surface area contributed by atoms with Gasteiger partial charge in [0.25, 0.3) is 0 Å². The summed E-state index contributed by atoms with van der Waals surface area (Å²) >= 11 is 3.19. The maximum Gasteiger partial charge on any atom is 0.313 e. The van der Waals surface area contributed by atoms with Crippen LogP contribution in [0.3, 0.4) is 0 Å². The molecule has 0 radical (unpaired) electrons. The van der Waals surface area contributed by atoms with Crippen LogP contribution >= 0.6 is 15.9 Å². The van der Waals surface area contributed by atoms with Crippen LogP contribution in [0.5, 0.6) is 11.5 Å². The van der Waals surface area contributed by atoms with Crippen molar-refractivity contribution in [3.8, 4) is 11.5 Å². The molecule has 0 bridgehead atoms. The highest BCUT2D eigenvalue weighted by Gasteiger charge is 2.29. The van der Waals surface area contributed by atoms with Crippen LogP contribution in [0.1, 0.15) is 17.7 Å². The van der Waals surface area contributed by atoms with E-state index in [4.69, 9.17) is 14.2 Å². The van der Waals surface area contributed by atoms with Gasteiger partial charge in [-0.2, -0.15) is 5.10 Å². The number of methoxy groups -OCH3 is 1. The Balaban J connectivity index is 1.20. The number of fused-ring (bicyclic) bond motifs is 1. The number of nitrogens with one attached hydrogen (secondary N) is 1. The summed E-state index contributed by atoms with van der Waals surface area (Å²) in [4.78, 5) is 35.7. The summed E-state index contributed by atoms with van der Waals surface area (Å²) in [6, 6.07) is 12.0. The molecule has 2 aromatic carbocycles. The second-order valence-electron chi connectivity index (χ2n) is 11.6. The average Bonchev–Trinajstić information content (AvgIpc) is 3.11. The number of aromatic nitrogens is 3. The summed E-state index contributed by atoms with van der Waals surface area (Å²) in [5.41, 5.74) is 1.77. The van der Waals surface area contributed by atoms with Gasteiger partial charge in [-0.1, -0.05) is 15.9 Å². The zero-order valence-corrected chi connectivity index (χ0v) is 28.2. The first kappa shape index (κ1) is 33.5. The first-order valence-corrected chi connectivity index (χ1v) is 16.7. The molecule has 6 rings (SSSR count). The summed E-state index contributed by atoms with van der Waals surface area (Å²) < 4.78 is 32.3. The molecule has 2 saturated heterocycles. The van der Waals surface area contributed by atoms with Crippen LogP contribution in [0.4, 0.5) is 15.9 Å². The molecule has 2 fully saturated rings. The average molecular weight is 723 g/mol. The van der Waals surface area contributed by atoms with Crippen molar-refractivity contribution in [2.24, 2.45) is 0 Å². The first-order chi connectivity index (χ1) is 23.4. The molecule has 1 N–H and O–H groups in total. The molecule has 2 amide bonds. The van der Waals surface area contributed by atoms with Gasteiger partial charge in [0.1, 0.15) is 5.82 Å². The highest BCUT2D eigenvalue weighted by molar-refractivity contribution is 9.10. The minimum absolute atomic E-state index is 0.0571. The monoisotopic (exact) mass is 721 g/mol. The van der Waals surface area contributed by atoms with Gasteiger partial charge in [-0.15, -0.1) is 5.10 Å². The number of morpholine rings is 1. The number of anilines is 2. The topological polar surface area (TPSA) is 122 Å². The van der Waals surface area contributed by atoms with E-state index >= 15 is 0 Å². The number of nitrogens with zero attached hydrogens (tertiary/aromatic N) is 6. The Labute approximate surface area is 286 Å². The van der Waals surface area contributed by atoms with Crippen LogP contribution in [-0.2, 0) is 20.7 Å². The molecular weight excluding hydrogens is 685 g/mol. The van der Waals surface area contributed by atoms with Crippen LogP contribution in [0, 0.1) is 5.82 Å². The van der Waals surface area contributed by atoms with Crippen molar-refractivity contribution in [3.05, 3.63) is 76.4 Å². The molecule has 0 aliphatic carbocycles. The molecule has 4 heterocycles. The number of benzene rings is 2. The van der Waals surface area contributed by atoms with Crippen molar-refractivity contribution in [1.29, 1.82) is 0 Å². The van der Waals surface area contributed by atoms with Gasteiger partial charge in [0, 0.05) is 79.9 Å². The van der Waals surface area contributed by atoms with E-state index in [1.807, 2.05) is 24.3 Å². The fourth-order valence-corrected chi connectivity index (χ4v) is 6.19. The highest BCUT2D eigenvalue weighted by Crippen LogP contribution is 2.38. The van der Waals surface area contributed by atoms with Gasteiger partial charge in [-0.25, -0.2) is 4.39 Å². The lowest BCUT2D eigenvalue weighted by Gasteiger charge is -2.35. The molecule has 0 saturated carbocycles. The quantitative estimate of drug-likeness (QED) is 0.191. The molecule has 48 heavy (non-hydrogen) atoms. The lowest BCUT2D eigenvalue weighted by atomic mass is 10.0. The second-order valence-corrected chi connectivity index (χ2v) is 12.5. The number of carbonyl (C=O) groups excluding carboxylic acids is 2. The zero-order chi connectivity index (χ0) is 33.5. The molecule has 0 unspecified atom stereocenters. The van der Waals surface area contributed by atoms with Crippen molar-refractivity contribution in [2.45, 2.75) is 12.8 Å². The number of piperazine rings is 1. The number of hydrogen-bond acceptors (Lipinski definition) is 10. The molecule has 2 aliphatic rings. The lowest BCUT2D eigenvalue weighted by molar-refractivity contribution is -0.143. The largest absolute Gasteiger partial charge is 0.493 e. The SMILES string of the molecule is COc1cc2c(Cc3ccncc3)nnc(N3CCN(C(=O)C(=O)Nc4ccc(Br)cc4F)CC3)c2cc1OCCCN1CCOCC1. The molecule has 12 nitrogen and oxygen atoms in total. The Morgan fingerprint density at radius 2 is 1.71 bits per heavy atom. The lowest BCUT2D eigenvalue weighted by Crippen LogP contribution is -2.52. The van der Waals surface area contributed by atoms with E-state index in [2.05, 4.69) is 46.2 Å². The van der Waals surface area contributed by atoms with E-state index in [0.717, 1.165) is 61.3 Å². The van der Waals surface area contributed by atoms with Crippen LogP contribution in [0.25, 0.3) is 10.8 Å². The van der Waals surface area contributed by atoms with Crippen LogP contribution in [0.2, 0.25) is 0 Å². The highest BCUT2D eigenvalue weighted by atomic mass is 79.9. The molecular formula is C34H37BrFN7O5. The number of hydrogen-bond donors (Lipinski definition) is 1. The predicted molar refractivity (Wildman–Crippen MR) is 182 cm³/mol. The number of pyridine rings is 1. The third kappa shape index (κ3) is 8.00. The molecule has 0 spiro atoms. The minimum atomic E-state index is -0.891. The summed E-state index contributed by atoms with van der Waals surface area (Å²) in [5.74, 6) is -0.381. The van der Waals surface area contributed by atoms with Gasteiger partial charge in [0.15, 0.2) is 17.3 Å². The number of halogens is 2. The second kappa shape index (κ2) is 15.7. The molecule has 14 heteroatoms. The van der Waals surface area contributed by atoms with E-state index in [1.165, 1.54) is 17.0 Å². The molecule has 2 aliphatic heterocycles. The van der Waals surface area contributed by atoms with Crippen LogP contribution in [-0.4, -0.2) is 110 Å². The Kier molecular flexibility index (Phi) is 10.9. The van der Waals surface area contributed by atoms with Crippen molar-refractivity contribution in [2.75, 3.05) is 83.0 Å².